The summed E-state index contributed by atoms with van der Waals surface area (Å²) >= 11 is 0. The Morgan fingerprint density at radius 3 is 2.15 bits per heavy atom. The summed E-state index contributed by atoms with van der Waals surface area (Å²) < 4.78 is 20.4. The molecule has 0 aliphatic carbocycles. The molecule has 14 heteroatoms. The molecule has 2 aliphatic rings. The van der Waals surface area contributed by atoms with Gasteiger partial charge < -0.3 is 40.3 Å². The molecule has 0 bridgehead atoms. The Morgan fingerprint density at radius 2 is 1.62 bits per heavy atom. The van der Waals surface area contributed by atoms with Crippen molar-refractivity contribution in [1.29, 1.82) is 0 Å². The van der Waals surface area contributed by atoms with E-state index in [1.54, 1.807) is 11.0 Å². The molecule has 0 spiro atoms. The highest BCUT2D eigenvalue weighted by molar-refractivity contribution is 5.83. The van der Waals surface area contributed by atoms with Crippen molar-refractivity contribution in [2.24, 2.45) is 0 Å². The number of hydrazine groups is 1. The Labute approximate surface area is 194 Å². The van der Waals surface area contributed by atoms with Crippen LogP contribution in [0, 0.1) is 5.82 Å². The minimum atomic E-state index is -1.35. The van der Waals surface area contributed by atoms with Crippen LogP contribution >= 0.6 is 0 Å². The van der Waals surface area contributed by atoms with Gasteiger partial charge in [-0.2, -0.15) is 0 Å². The lowest BCUT2D eigenvalue weighted by Crippen LogP contribution is -2.52. The third-order valence-electron chi connectivity index (χ3n) is 5.56. The molecule has 34 heavy (non-hydrogen) atoms. The van der Waals surface area contributed by atoms with Crippen molar-refractivity contribution in [3.8, 4) is 0 Å². The Hall–Kier alpha value is -3.04. The first-order valence-electron chi connectivity index (χ1n) is 10.6. The number of benzene rings is 1. The van der Waals surface area contributed by atoms with E-state index in [-0.39, 0.29) is 45.0 Å². The number of halogens is 1. The second kappa shape index (κ2) is 11.4. The number of rotatable bonds is 7. The second-order valence-corrected chi connectivity index (χ2v) is 7.67. The van der Waals surface area contributed by atoms with E-state index in [1.807, 2.05) is 0 Å². The van der Waals surface area contributed by atoms with E-state index in [2.05, 4.69) is 5.32 Å². The monoisotopic (exact) mass is 485 g/mol. The normalized spacial score (nSPS) is 21.0. The topological polar surface area (TPSA) is 166 Å². The number of ether oxygens (including phenoxy) is 1. The highest BCUT2D eigenvalue weighted by Gasteiger charge is 2.33. The van der Waals surface area contributed by atoms with Crippen molar-refractivity contribution in [2.45, 2.75) is 12.5 Å². The third kappa shape index (κ3) is 5.71. The van der Waals surface area contributed by atoms with E-state index in [9.17, 15) is 29.7 Å². The van der Waals surface area contributed by atoms with Gasteiger partial charge in [0.25, 0.3) is 11.8 Å². The summed E-state index contributed by atoms with van der Waals surface area (Å²) in [4.78, 5) is 38.3. The Morgan fingerprint density at radius 1 is 1.00 bits per heavy atom. The number of hydrogen-bond acceptors (Lipinski definition) is 10. The number of carbonyl (C=O) groups excluding carboxylic acids is 3. The molecule has 1 aromatic rings. The Bertz CT molecular complexity index is 880. The molecule has 2 fully saturated rings. The van der Waals surface area contributed by atoms with Crippen molar-refractivity contribution in [2.75, 3.05) is 68.9 Å². The van der Waals surface area contributed by atoms with Crippen LogP contribution in [0.25, 0.3) is 0 Å². The van der Waals surface area contributed by atoms with Crippen molar-refractivity contribution < 1.29 is 43.9 Å². The van der Waals surface area contributed by atoms with Crippen LogP contribution < -0.4 is 15.1 Å². The molecule has 13 nitrogen and oxygen atoms in total. The zero-order valence-electron chi connectivity index (χ0n) is 18.3. The first-order chi connectivity index (χ1) is 16.3. The van der Waals surface area contributed by atoms with E-state index in [4.69, 9.17) is 9.84 Å². The standard InChI is InChI=1S/C20H28FN5O8/c21-15-7-13(24-9-14(34-20(24)33)8-22-17(30)10-27)1-2-16(15)23-3-5-25(18(31)11-28)26(6-4-23)19(32)12-29/h1-2,7,14,20,27-29,33H,3-6,8-12H2,(H,22,30)/t14-,20?/m0/s1. The first kappa shape index (κ1) is 25.6. The van der Waals surface area contributed by atoms with E-state index in [1.165, 1.54) is 17.0 Å². The number of aliphatic hydroxyl groups is 4. The molecule has 0 saturated carbocycles. The lowest BCUT2D eigenvalue weighted by Gasteiger charge is -2.31. The molecule has 2 aliphatic heterocycles. The molecule has 188 valence electrons. The van der Waals surface area contributed by atoms with Crippen LogP contribution in [0.1, 0.15) is 0 Å². The van der Waals surface area contributed by atoms with Gasteiger partial charge in [-0.25, -0.2) is 14.4 Å². The molecule has 3 amide bonds. The minimum Gasteiger partial charge on any atom is -0.387 e. The highest BCUT2D eigenvalue weighted by Crippen LogP contribution is 2.29. The summed E-state index contributed by atoms with van der Waals surface area (Å²) in [5.74, 6) is -2.62. The predicted octanol–water partition coefficient (Wildman–Crippen LogP) is -3.21. The molecule has 1 unspecified atom stereocenters. The van der Waals surface area contributed by atoms with Gasteiger partial charge in [-0.3, -0.25) is 14.4 Å². The highest BCUT2D eigenvalue weighted by atomic mass is 19.1. The number of amides is 3. The van der Waals surface area contributed by atoms with Gasteiger partial charge in [0.2, 0.25) is 12.3 Å². The lowest BCUT2D eigenvalue weighted by molar-refractivity contribution is -0.166. The van der Waals surface area contributed by atoms with Gasteiger partial charge in [0.05, 0.1) is 31.4 Å². The summed E-state index contributed by atoms with van der Waals surface area (Å²) in [5.41, 5.74) is 0.550. The summed E-state index contributed by atoms with van der Waals surface area (Å²) in [6, 6.07) is 4.30. The Balaban J connectivity index is 1.70. The number of aliphatic hydroxyl groups excluding tert-OH is 4. The number of anilines is 2. The maximum Gasteiger partial charge on any atom is 0.266 e. The molecule has 2 heterocycles. The largest absolute Gasteiger partial charge is 0.387 e. The average molecular weight is 485 g/mol. The minimum absolute atomic E-state index is 0.00769. The van der Waals surface area contributed by atoms with Crippen LogP contribution in [0.15, 0.2) is 18.2 Å². The smallest absolute Gasteiger partial charge is 0.266 e. The zero-order chi connectivity index (χ0) is 24.8. The van der Waals surface area contributed by atoms with Crippen molar-refractivity contribution in [1.82, 2.24) is 15.3 Å². The number of hydrogen-bond donors (Lipinski definition) is 5. The van der Waals surface area contributed by atoms with Crippen molar-refractivity contribution in [3.05, 3.63) is 24.0 Å². The molecular formula is C20H28FN5O8. The summed E-state index contributed by atoms with van der Waals surface area (Å²) in [7, 11) is 0. The zero-order valence-corrected chi connectivity index (χ0v) is 18.3. The van der Waals surface area contributed by atoms with Crippen LogP contribution in [0.3, 0.4) is 0 Å². The quantitative estimate of drug-likeness (QED) is 0.265. The maximum atomic E-state index is 15.1. The second-order valence-electron chi connectivity index (χ2n) is 7.67. The van der Waals surface area contributed by atoms with E-state index in [0.717, 1.165) is 10.0 Å². The predicted molar refractivity (Wildman–Crippen MR) is 115 cm³/mol. The molecule has 0 radical (unpaired) electrons. The van der Waals surface area contributed by atoms with E-state index in [0.29, 0.717) is 5.69 Å². The van der Waals surface area contributed by atoms with Crippen LogP contribution in [-0.4, -0.2) is 120 Å². The van der Waals surface area contributed by atoms with Gasteiger partial charge in [-0.1, -0.05) is 0 Å². The van der Waals surface area contributed by atoms with E-state index >= 15 is 4.39 Å². The van der Waals surface area contributed by atoms with Gasteiger partial charge in [0.1, 0.15) is 25.6 Å². The average Bonchev–Trinajstić information content (AvgIpc) is 3.07. The molecule has 0 aromatic heterocycles. The van der Waals surface area contributed by atoms with Crippen LogP contribution in [0.5, 0.6) is 0 Å². The molecule has 1 aromatic carbocycles. The lowest BCUT2D eigenvalue weighted by atomic mass is 10.2. The third-order valence-corrected chi connectivity index (χ3v) is 5.56. The molecule has 3 rings (SSSR count). The molecule has 2 atom stereocenters. The van der Waals surface area contributed by atoms with Crippen molar-refractivity contribution in [3.63, 3.8) is 0 Å². The van der Waals surface area contributed by atoms with Gasteiger partial charge in [-0.15, -0.1) is 0 Å². The maximum absolute atomic E-state index is 15.1. The first-order valence-corrected chi connectivity index (χ1v) is 10.6. The fraction of sp³-hybridized carbons (Fsp3) is 0.550. The van der Waals surface area contributed by atoms with Crippen LogP contribution in [-0.2, 0) is 19.1 Å². The van der Waals surface area contributed by atoms with Crippen molar-refractivity contribution >= 4 is 29.1 Å². The van der Waals surface area contributed by atoms with Gasteiger partial charge in [0.15, 0.2) is 0 Å². The van der Waals surface area contributed by atoms with Gasteiger partial charge in [-0.05, 0) is 18.2 Å². The van der Waals surface area contributed by atoms with Gasteiger partial charge in [0, 0.05) is 25.3 Å². The number of carbonyl (C=O) groups is 3. The summed E-state index contributed by atoms with van der Waals surface area (Å²) in [6.45, 7) is -1.75. The Kier molecular flexibility index (Phi) is 8.57. The summed E-state index contributed by atoms with van der Waals surface area (Å²) in [5, 5.41) is 41.9. The SMILES string of the molecule is O=C(CO)NC[C@H]1CN(c2ccc(N3CCN(C(=O)CO)N(C(=O)CO)CC3)c(F)c2)C(O)O1. The fourth-order valence-electron chi connectivity index (χ4n) is 3.87. The van der Waals surface area contributed by atoms with Crippen LogP contribution in [0.2, 0.25) is 0 Å². The number of nitrogens with zero attached hydrogens (tertiary/aromatic N) is 4. The fourth-order valence-corrected chi connectivity index (χ4v) is 3.87. The summed E-state index contributed by atoms with van der Waals surface area (Å²) in [6.07, 6.45) is -1.92. The number of nitrogens with one attached hydrogen (secondary N) is 1. The van der Waals surface area contributed by atoms with Crippen LogP contribution in [0.4, 0.5) is 15.8 Å². The molecular weight excluding hydrogens is 457 g/mol. The van der Waals surface area contributed by atoms with Gasteiger partial charge >= 0.3 is 0 Å². The van der Waals surface area contributed by atoms with E-state index < -0.39 is 55.9 Å². The molecule has 2 saturated heterocycles. The molecule has 5 N–H and O–H groups in total.